The molecule has 0 amide bonds. The molecule has 0 spiro atoms. The summed E-state index contributed by atoms with van der Waals surface area (Å²) in [5.41, 5.74) is 1.91. The van der Waals surface area contributed by atoms with Crippen LogP contribution in [0.15, 0.2) is 35.7 Å². The molecule has 0 aliphatic carbocycles. The molecule has 1 unspecified atom stereocenters. The molecule has 0 bridgehead atoms. The van der Waals surface area contributed by atoms with Crippen molar-refractivity contribution < 1.29 is 4.21 Å². The van der Waals surface area contributed by atoms with E-state index >= 15 is 0 Å². The number of aromatic amines is 1. The molecule has 0 aliphatic heterocycles. The van der Waals surface area contributed by atoms with Crippen LogP contribution in [0.3, 0.4) is 0 Å². The average molecular weight is 312 g/mol. The molecule has 1 aromatic carbocycles. The lowest BCUT2D eigenvalue weighted by Crippen LogP contribution is -2.10. The number of anilines is 1. The van der Waals surface area contributed by atoms with Crippen LogP contribution in [0.4, 0.5) is 5.69 Å². The van der Waals surface area contributed by atoms with Crippen LogP contribution in [0.5, 0.6) is 0 Å². The molecule has 0 radical (unpaired) electrons. The highest BCUT2D eigenvalue weighted by Crippen LogP contribution is 2.23. The lowest BCUT2D eigenvalue weighted by atomic mass is 10.1. The van der Waals surface area contributed by atoms with E-state index in [1.54, 1.807) is 12.4 Å². The largest absolute Gasteiger partial charge is 0.385 e. The standard InChI is InChI=1S/C14H18ClN3OS/c1-10(2)8-18-13-4-3-12(15)7-11(13)9-20(19)14-16-5-6-17-14/h3-7,10,18H,8-9H2,1-2H3,(H,16,17). The minimum atomic E-state index is -1.20. The Balaban J connectivity index is 2.16. The van der Waals surface area contributed by atoms with Crippen molar-refractivity contribution in [1.82, 2.24) is 9.97 Å². The molecule has 1 atom stereocenters. The minimum absolute atomic E-state index is 0.383. The second-order valence-corrected chi connectivity index (χ2v) is 6.76. The van der Waals surface area contributed by atoms with E-state index < -0.39 is 10.8 Å². The Morgan fingerprint density at radius 1 is 1.45 bits per heavy atom. The summed E-state index contributed by atoms with van der Waals surface area (Å²) in [7, 11) is -1.20. The quantitative estimate of drug-likeness (QED) is 0.859. The number of nitrogens with zero attached hydrogens (tertiary/aromatic N) is 1. The first-order valence-corrected chi connectivity index (χ1v) is 8.16. The smallest absolute Gasteiger partial charge is 0.196 e. The Morgan fingerprint density at radius 3 is 2.90 bits per heavy atom. The van der Waals surface area contributed by atoms with Crippen LogP contribution in [0.2, 0.25) is 5.02 Å². The molecule has 0 aliphatic rings. The van der Waals surface area contributed by atoms with Crippen LogP contribution < -0.4 is 5.32 Å². The summed E-state index contributed by atoms with van der Waals surface area (Å²) in [6.07, 6.45) is 3.27. The van der Waals surface area contributed by atoms with Gasteiger partial charge < -0.3 is 10.3 Å². The zero-order valence-corrected chi connectivity index (χ0v) is 13.1. The van der Waals surface area contributed by atoms with Crippen molar-refractivity contribution in [3.05, 3.63) is 41.2 Å². The van der Waals surface area contributed by atoms with Crippen molar-refractivity contribution in [2.24, 2.45) is 5.92 Å². The lowest BCUT2D eigenvalue weighted by molar-refractivity contribution is 0.676. The van der Waals surface area contributed by atoms with Crippen LogP contribution in [0, 0.1) is 5.92 Å². The fourth-order valence-corrected chi connectivity index (χ4v) is 2.98. The Morgan fingerprint density at radius 2 is 2.25 bits per heavy atom. The molecular formula is C14H18ClN3OS. The number of nitrogens with one attached hydrogen (secondary N) is 2. The second kappa shape index (κ2) is 6.90. The molecular weight excluding hydrogens is 294 g/mol. The number of rotatable bonds is 6. The number of aromatic nitrogens is 2. The molecule has 20 heavy (non-hydrogen) atoms. The van der Waals surface area contributed by atoms with Gasteiger partial charge in [0.05, 0.1) is 16.6 Å². The maximum absolute atomic E-state index is 12.2. The molecule has 6 heteroatoms. The van der Waals surface area contributed by atoms with Gasteiger partial charge in [-0.2, -0.15) is 0 Å². The number of hydrogen-bond acceptors (Lipinski definition) is 3. The van der Waals surface area contributed by atoms with Crippen LogP contribution in [0.1, 0.15) is 19.4 Å². The average Bonchev–Trinajstić information content (AvgIpc) is 2.91. The third-order valence-corrected chi connectivity index (χ3v) is 4.21. The SMILES string of the molecule is CC(C)CNc1ccc(Cl)cc1CS(=O)c1ncc[nH]1. The summed E-state index contributed by atoms with van der Waals surface area (Å²) < 4.78 is 12.2. The summed E-state index contributed by atoms with van der Waals surface area (Å²) in [5, 5.41) is 4.50. The van der Waals surface area contributed by atoms with Gasteiger partial charge >= 0.3 is 0 Å². The van der Waals surface area contributed by atoms with Gasteiger partial charge in [0.1, 0.15) is 0 Å². The van der Waals surface area contributed by atoms with Crippen molar-refractivity contribution in [2.75, 3.05) is 11.9 Å². The number of hydrogen-bond donors (Lipinski definition) is 2. The molecule has 2 aromatic rings. The van der Waals surface area contributed by atoms with Crippen molar-refractivity contribution in [3.8, 4) is 0 Å². The highest BCUT2D eigenvalue weighted by atomic mass is 35.5. The zero-order chi connectivity index (χ0) is 14.5. The Hall–Kier alpha value is -1.33. The number of imidazole rings is 1. The lowest BCUT2D eigenvalue weighted by Gasteiger charge is -2.13. The maximum Gasteiger partial charge on any atom is 0.196 e. The molecule has 2 N–H and O–H groups in total. The highest BCUT2D eigenvalue weighted by Gasteiger charge is 2.11. The number of halogens is 1. The van der Waals surface area contributed by atoms with Gasteiger partial charge in [-0.3, -0.25) is 4.21 Å². The summed E-state index contributed by atoms with van der Waals surface area (Å²) in [6.45, 7) is 5.15. The van der Waals surface area contributed by atoms with E-state index in [9.17, 15) is 4.21 Å². The third kappa shape index (κ3) is 4.08. The first-order valence-electron chi connectivity index (χ1n) is 6.46. The number of benzene rings is 1. The first-order chi connectivity index (χ1) is 9.56. The normalized spacial score (nSPS) is 12.6. The molecule has 108 valence electrons. The molecule has 4 nitrogen and oxygen atoms in total. The van der Waals surface area contributed by atoms with E-state index in [1.807, 2.05) is 18.2 Å². The summed E-state index contributed by atoms with van der Waals surface area (Å²) in [6, 6.07) is 5.62. The highest BCUT2D eigenvalue weighted by molar-refractivity contribution is 7.84. The second-order valence-electron chi connectivity index (χ2n) is 4.96. The Labute approximate surface area is 126 Å². The van der Waals surface area contributed by atoms with E-state index in [2.05, 4.69) is 29.1 Å². The van der Waals surface area contributed by atoms with Crippen molar-refractivity contribution in [1.29, 1.82) is 0 Å². The van der Waals surface area contributed by atoms with Gasteiger partial charge in [0.2, 0.25) is 0 Å². The monoisotopic (exact) mass is 311 g/mol. The fourth-order valence-electron chi connectivity index (χ4n) is 1.75. The summed E-state index contributed by atoms with van der Waals surface area (Å²) in [5.74, 6) is 0.920. The molecule has 0 fully saturated rings. The molecule has 2 rings (SSSR count). The van der Waals surface area contributed by atoms with Crippen LogP contribution >= 0.6 is 11.6 Å². The van der Waals surface area contributed by atoms with Gasteiger partial charge in [-0.25, -0.2) is 4.98 Å². The third-order valence-electron chi connectivity index (χ3n) is 2.74. The predicted molar refractivity (Wildman–Crippen MR) is 83.5 cm³/mol. The van der Waals surface area contributed by atoms with E-state index in [1.165, 1.54) is 0 Å². The zero-order valence-electron chi connectivity index (χ0n) is 11.5. The number of H-pyrrole nitrogens is 1. The molecule has 1 heterocycles. The van der Waals surface area contributed by atoms with Crippen molar-refractivity contribution in [2.45, 2.75) is 24.8 Å². The van der Waals surface area contributed by atoms with Gasteiger partial charge in [-0.1, -0.05) is 25.4 Å². The van der Waals surface area contributed by atoms with Gasteiger partial charge in [0.25, 0.3) is 0 Å². The topological polar surface area (TPSA) is 57.8 Å². The fraction of sp³-hybridized carbons (Fsp3) is 0.357. The Bertz CT molecular complexity index is 584. The summed E-state index contributed by atoms with van der Waals surface area (Å²) in [4.78, 5) is 6.91. The molecule has 1 aromatic heterocycles. The van der Waals surface area contributed by atoms with Gasteiger partial charge in [0, 0.05) is 29.6 Å². The van der Waals surface area contributed by atoms with Crippen molar-refractivity contribution >= 4 is 28.1 Å². The van der Waals surface area contributed by atoms with Gasteiger partial charge in [-0.05, 0) is 29.7 Å². The predicted octanol–water partition coefficient (Wildman–Crippen LogP) is 3.44. The van der Waals surface area contributed by atoms with Crippen LogP contribution in [-0.4, -0.2) is 20.7 Å². The minimum Gasteiger partial charge on any atom is -0.385 e. The van der Waals surface area contributed by atoms with Crippen LogP contribution in [0.25, 0.3) is 0 Å². The first kappa shape index (κ1) is 15.1. The van der Waals surface area contributed by atoms with E-state index in [-0.39, 0.29) is 0 Å². The van der Waals surface area contributed by atoms with E-state index in [4.69, 9.17) is 11.6 Å². The summed E-state index contributed by atoms with van der Waals surface area (Å²) >= 11 is 6.04. The van der Waals surface area contributed by atoms with Crippen molar-refractivity contribution in [3.63, 3.8) is 0 Å². The maximum atomic E-state index is 12.2. The van der Waals surface area contributed by atoms with Gasteiger partial charge in [0.15, 0.2) is 5.16 Å². The van der Waals surface area contributed by atoms with E-state index in [0.717, 1.165) is 17.8 Å². The molecule has 0 saturated heterocycles. The van der Waals surface area contributed by atoms with E-state index in [0.29, 0.717) is 21.8 Å². The Kier molecular flexibility index (Phi) is 5.20. The molecule has 0 saturated carbocycles. The van der Waals surface area contributed by atoms with Gasteiger partial charge in [-0.15, -0.1) is 0 Å². The van der Waals surface area contributed by atoms with Crippen LogP contribution in [-0.2, 0) is 16.6 Å².